The summed E-state index contributed by atoms with van der Waals surface area (Å²) in [5.41, 5.74) is 6.18. The normalized spacial score (nSPS) is 17.5. The van der Waals surface area contributed by atoms with Crippen molar-refractivity contribution >= 4 is 11.0 Å². The molecule has 0 radical (unpaired) electrons. The molecule has 37 heavy (non-hydrogen) atoms. The first-order valence-corrected chi connectivity index (χ1v) is 13.4. The zero-order valence-electron chi connectivity index (χ0n) is 21.7. The summed E-state index contributed by atoms with van der Waals surface area (Å²) in [5, 5.41) is 21.4. The monoisotopic (exact) mass is 503 g/mol. The van der Waals surface area contributed by atoms with Crippen molar-refractivity contribution in [2.24, 2.45) is 5.92 Å². The lowest BCUT2D eigenvalue weighted by atomic mass is 9.91. The molecule has 0 bridgehead atoms. The van der Waals surface area contributed by atoms with Crippen molar-refractivity contribution in [3.05, 3.63) is 64.3 Å². The second-order valence-electron chi connectivity index (χ2n) is 10.1. The van der Waals surface area contributed by atoms with E-state index in [2.05, 4.69) is 38.9 Å². The van der Waals surface area contributed by atoms with Gasteiger partial charge in [0.25, 0.3) is 0 Å². The molecule has 3 heterocycles. The van der Waals surface area contributed by atoms with Gasteiger partial charge in [0.2, 0.25) is 0 Å². The summed E-state index contributed by atoms with van der Waals surface area (Å²) in [7, 11) is 1.96. The van der Waals surface area contributed by atoms with Gasteiger partial charge < -0.3 is 24.6 Å². The third-order valence-corrected chi connectivity index (χ3v) is 7.59. The van der Waals surface area contributed by atoms with Crippen LogP contribution in [-0.2, 0) is 35.5 Å². The maximum absolute atomic E-state index is 8.98. The molecule has 0 unspecified atom stereocenters. The van der Waals surface area contributed by atoms with Crippen LogP contribution in [0.1, 0.15) is 47.2 Å². The molecule has 2 N–H and O–H groups in total. The van der Waals surface area contributed by atoms with Gasteiger partial charge in [0.05, 0.1) is 30.5 Å². The summed E-state index contributed by atoms with van der Waals surface area (Å²) >= 11 is 0. The fourth-order valence-electron chi connectivity index (χ4n) is 5.43. The van der Waals surface area contributed by atoms with Crippen molar-refractivity contribution in [1.29, 1.82) is 5.26 Å². The highest BCUT2D eigenvalue weighted by Gasteiger charge is 2.25. The van der Waals surface area contributed by atoms with Crippen molar-refractivity contribution in [3.63, 3.8) is 0 Å². The van der Waals surface area contributed by atoms with E-state index in [-0.39, 0.29) is 6.29 Å². The highest BCUT2D eigenvalue weighted by Crippen LogP contribution is 2.29. The molecular formula is C29H37N5O3. The second-order valence-corrected chi connectivity index (χ2v) is 10.1. The van der Waals surface area contributed by atoms with Crippen molar-refractivity contribution in [2.45, 2.75) is 51.6 Å². The molecule has 196 valence electrons. The summed E-state index contributed by atoms with van der Waals surface area (Å²) in [4.78, 5) is 2.47. The van der Waals surface area contributed by atoms with E-state index in [9.17, 15) is 0 Å². The van der Waals surface area contributed by atoms with E-state index in [4.69, 9.17) is 19.3 Å². The first-order chi connectivity index (χ1) is 18.2. The Morgan fingerprint density at radius 3 is 2.54 bits per heavy atom. The van der Waals surface area contributed by atoms with E-state index in [1.165, 1.54) is 18.4 Å². The molecule has 8 heteroatoms. The van der Waals surface area contributed by atoms with E-state index < -0.39 is 0 Å². The second kappa shape index (κ2) is 12.6. The van der Waals surface area contributed by atoms with Crippen LogP contribution < -0.4 is 10.6 Å². The van der Waals surface area contributed by atoms with Crippen LogP contribution >= 0.6 is 0 Å². The van der Waals surface area contributed by atoms with Crippen LogP contribution in [0.25, 0.3) is 11.0 Å². The summed E-state index contributed by atoms with van der Waals surface area (Å²) in [6, 6.07) is 14.2. The van der Waals surface area contributed by atoms with E-state index in [0.717, 1.165) is 99.0 Å². The number of benzene rings is 2. The Labute approximate surface area is 218 Å². The van der Waals surface area contributed by atoms with Gasteiger partial charge in [0.15, 0.2) is 11.9 Å². The van der Waals surface area contributed by atoms with E-state index >= 15 is 0 Å². The number of rotatable bonds is 11. The summed E-state index contributed by atoms with van der Waals surface area (Å²) in [5.74, 6) is 0.718. The van der Waals surface area contributed by atoms with E-state index in [1.807, 2.05) is 31.3 Å². The third kappa shape index (κ3) is 6.56. The largest absolute Gasteiger partial charge is 0.356 e. The molecule has 0 spiro atoms. The minimum Gasteiger partial charge on any atom is -0.356 e. The van der Waals surface area contributed by atoms with Crippen LogP contribution in [0.15, 0.2) is 40.9 Å². The number of nitrogens with zero attached hydrogens (tertiary/aromatic N) is 3. The first-order valence-electron chi connectivity index (χ1n) is 13.4. The van der Waals surface area contributed by atoms with E-state index in [0.29, 0.717) is 5.56 Å². The SMILES string of the molecule is CNCc1c(CNCc2ccc(C#N)cc2)ccc2c(CCC3CCN(CC4OCCO4)CC3)noc12. The maximum Gasteiger partial charge on any atom is 0.171 e. The van der Waals surface area contributed by atoms with Crippen LogP contribution in [0.5, 0.6) is 0 Å². The third-order valence-electron chi connectivity index (χ3n) is 7.59. The van der Waals surface area contributed by atoms with Gasteiger partial charge in [-0.05, 0) is 81.1 Å². The van der Waals surface area contributed by atoms with Crippen molar-refractivity contribution in [1.82, 2.24) is 20.7 Å². The quantitative estimate of drug-likeness (QED) is 0.409. The highest BCUT2D eigenvalue weighted by atomic mass is 16.7. The smallest absolute Gasteiger partial charge is 0.171 e. The molecule has 0 saturated carbocycles. The summed E-state index contributed by atoms with van der Waals surface area (Å²) in [6.07, 6.45) is 4.47. The van der Waals surface area contributed by atoms with Crippen LogP contribution in [0.2, 0.25) is 0 Å². The zero-order chi connectivity index (χ0) is 25.5. The van der Waals surface area contributed by atoms with Gasteiger partial charge in [0, 0.05) is 37.1 Å². The Bertz CT molecular complexity index is 1190. The fourth-order valence-corrected chi connectivity index (χ4v) is 5.43. The van der Waals surface area contributed by atoms with Crippen LogP contribution in [0.3, 0.4) is 0 Å². The molecule has 3 aromatic rings. The first kappa shape index (κ1) is 25.8. The molecule has 5 rings (SSSR count). The number of ether oxygens (including phenoxy) is 2. The van der Waals surface area contributed by atoms with Crippen LogP contribution in [0.4, 0.5) is 0 Å². The lowest BCUT2D eigenvalue weighted by molar-refractivity contribution is -0.0661. The molecule has 0 amide bonds. The summed E-state index contributed by atoms with van der Waals surface area (Å²) < 4.78 is 17.1. The van der Waals surface area contributed by atoms with Gasteiger partial charge in [-0.1, -0.05) is 23.4 Å². The van der Waals surface area contributed by atoms with Gasteiger partial charge >= 0.3 is 0 Å². The Hall–Kier alpha value is -2.80. The van der Waals surface area contributed by atoms with Crippen molar-refractivity contribution in [2.75, 3.05) is 39.9 Å². The Kier molecular flexibility index (Phi) is 8.82. The molecule has 0 atom stereocenters. The van der Waals surface area contributed by atoms with E-state index in [1.54, 1.807) is 0 Å². The molecule has 2 saturated heterocycles. The minimum atomic E-state index is -0.0408. The zero-order valence-corrected chi connectivity index (χ0v) is 21.7. The molecule has 8 nitrogen and oxygen atoms in total. The predicted octanol–water partition coefficient (Wildman–Crippen LogP) is 3.73. The van der Waals surface area contributed by atoms with Gasteiger partial charge in [-0.2, -0.15) is 5.26 Å². The van der Waals surface area contributed by atoms with Gasteiger partial charge in [-0.15, -0.1) is 0 Å². The lowest BCUT2D eigenvalue weighted by Gasteiger charge is -2.32. The molecule has 2 aliphatic rings. The van der Waals surface area contributed by atoms with Crippen molar-refractivity contribution in [3.8, 4) is 6.07 Å². The Morgan fingerprint density at radius 1 is 1.03 bits per heavy atom. The molecule has 2 fully saturated rings. The number of hydrogen-bond acceptors (Lipinski definition) is 8. The fraction of sp³-hybridized carbons (Fsp3) is 0.517. The van der Waals surface area contributed by atoms with Gasteiger partial charge in [-0.3, -0.25) is 4.90 Å². The molecule has 2 aromatic carbocycles. The topological polar surface area (TPSA) is 95.6 Å². The Balaban J connectivity index is 1.16. The molecular weight excluding hydrogens is 466 g/mol. The average Bonchev–Trinajstić information content (AvgIpc) is 3.60. The number of nitrogens with one attached hydrogen (secondary N) is 2. The molecule has 0 aliphatic carbocycles. The average molecular weight is 504 g/mol. The number of likely N-dealkylation sites (tertiary alicyclic amines) is 1. The van der Waals surface area contributed by atoms with Gasteiger partial charge in [0.1, 0.15) is 0 Å². The number of piperidine rings is 1. The number of aryl methyl sites for hydroxylation is 1. The van der Waals surface area contributed by atoms with Gasteiger partial charge in [-0.25, -0.2) is 0 Å². The molecule has 2 aliphatic heterocycles. The highest BCUT2D eigenvalue weighted by molar-refractivity contribution is 5.83. The number of fused-ring (bicyclic) bond motifs is 1. The van der Waals surface area contributed by atoms with Crippen molar-refractivity contribution < 1.29 is 14.0 Å². The number of nitriles is 1. The molecule has 1 aromatic heterocycles. The summed E-state index contributed by atoms with van der Waals surface area (Å²) in [6.45, 7) is 6.75. The maximum atomic E-state index is 8.98. The minimum absolute atomic E-state index is 0.0408. The van der Waals surface area contributed by atoms with Crippen LogP contribution in [0, 0.1) is 17.2 Å². The lowest BCUT2D eigenvalue weighted by Crippen LogP contribution is -2.39. The predicted molar refractivity (Wildman–Crippen MR) is 142 cm³/mol. The standard InChI is InChI=1S/C29H37N5O3/c1-31-19-26-24(18-32-17-23-4-2-22(16-30)3-5-23)7-8-25-27(33-37-29(25)26)9-6-21-10-12-34(13-11-21)20-28-35-14-15-36-28/h2-5,7-8,21,28,31-32H,6,9-15,17-20H2,1H3. The number of hydrogen-bond donors (Lipinski definition) is 2. The number of aromatic nitrogens is 1. The Morgan fingerprint density at radius 2 is 1.81 bits per heavy atom. The van der Waals surface area contributed by atoms with Crippen LogP contribution in [-0.4, -0.2) is 56.2 Å².